The number of hydrogen-bond acceptors (Lipinski definition) is 5. The third-order valence-corrected chi connectivity index (χ3v) is 8.05. The smallest absolute Gasteiger partial charge is 0.410 e. The number of benzene rings is 2. The Morgan fingerprint density at radius 1 is 0.951 bits per heavy atom. The Labute approximate surface area is 242 Å². The van der Waals surface area contributed by atoms with Gasteiger partial charge in [0.15, 0.2) is 5.69 Å². The molecule has 2 fully saturated rings. The van der Waals surface area contributed by atoms with E-state index in [1.807, 2.05) is 90.9 Å². The van der Waals surface area contributed by atoms with Gasteiger partial charge in [-0.2, -0.15) is 0 Å². The van der Waals surface area contributed by atoms with Crippen molar-refractivity contribution in [1.29, 1.82) is 0 Å². The van der Waals surface area contributed by atoms with E-state index in [0.717, 1.165) is 48.9 Å². The number of carbonyl (C=O) groups is 2. The van der Waals surface area contributed by atoms with Crippen molar-refractivity contribution >= 4 is 12.0 Å². The first-order chi connectivity index (χ1) is 19.7. The molecule has 218 valence electrons. The van der Waals surface area contributed by atoms with Gasteiger partial charge in [-0.1, -0.05) is 79.9 Å². The molecular formula is C33H42N4O4. The summed E-state index contributed by atoms with van der Waals surface area (Å²) in [5.41, 5.74) is 2.53. The number of piperazine rings is 1. The van der Waals surface area contributed by atoms with Gasteiger partial charge in [0.1, 0.15) is 5.60 Å². The van der Waals surface area contributed by atoms with Gasteiger partial charge >= 0.3 is 6.09 Å². The highest BCUT2D eigenvalue weighted by atomic mass is 16.6. The van der Waals surface area contributed by atoms with Crippen LogP contribution < -0.4 is 0 Å². The number of ether oxygens (including phenoxy) is 1. The Bertz CT molecular complexity index is 1320. The van der Waals surface area contributed by atoms with E-state index in [2.05, 4.69) is 0 Å². The number of hydrogen-bond donors (Lipinski definition) is 1. The molecule has 1 N–H and O–H groups in total. The second-order valence-electron chi connectivity index (χ2n) is 12.3. The van der Waals surface area contributed by atoms with E-state index in [1.54, 1.807) is 11.2 Å². The van der Waals surface area contributed by atoms with E-state index < -0.39 is 11.7 Å². The molecule has 2 amide bonds. The van der Waals surface area contributed by atoms with Crippen molar-refractivity contribution in [2.24, 2.45) is 0 Å². The summed E-state index contributed by atoms with van der Waals surface area (Å²) >= 11 is 0. The van der Waals surface area contributed by atoms with Crippen LogP contribution >= 0.6 is 0 Å². The number of nitrogens with zero attached hydrogens (tertiary/aromatic N) is 4. The average molecular weight is 559 g/mol. The number of imidazole rings is 1. The Morgan fingerprint density at radius 3 is 2.34 bits per heavy atom. The van der Waals surface area contributed by atoms with Crippen molar-refractivity contribution in [1.82, 2.24) is 19.4 Å². The fourth-order valence-electron chi connectivity index (χ4n) is 6.06. The van der Waals surface area contributed by atoms with Gasteiger partial charge < -0.3 is 24.2 Å². The molecule has 1 aliphatic heterocycles. The molecule has 1 aliphatic carbocycles. The molecule has 0 radical (unpaired) electrons. The molecule has 2 heterocycles. The van der Waals surface area contributed by atoms with Crippen molar-refractivity contribution in [3.05, 3.63) is 78.2 Å². The first-order valence-electron chi connectivity index (χ1n) is 14.8. The quantitative estimate of drug-likeness (QED) is 0.405. The summed E-state index contributed by atoms with van der Waals surface area (Å²) < 4.78 is 7.70. The highest BCUT2D eigenvalue weighted by Gasteiger charge is 2.37. The molecule has 0 spiro atoms. The minimum absolute atomic E-state index is 0.133. The standard InChI is InChI=1S/C33H42N4O4/c1-33(2,3)41-32(40)35-19-20-36(26(22-35)21-24-13-7-4-8-14-24)31(39)29-30(25-15-9-5-10-16-25)37(23-34-29)27-17-11-6-12-18-28(27)38/h4-5,7-10,13-16,23,26-28,38H,6,11-12,17-22H2,1-3H3/t26-,27?,28-/m1/s1. The van der Waals surface area contributed by atoms with Crippen LogP contribution in [-0.2, 0) is 11.2 Å². The Kier molecular flexibility index (Phi) is 8.78. The second-order valence-corrected chi connectivity index (χ2v) is 12.3. The van der Waals surface area contributed by atoms with E-state index >= 15 is 0 Å². The monoisotopic (exact) mass is 558 g/mol. The lowest BCUT2D eigenvalue weighted by molar-refractivity contribution is 0.00429. The minimum Gasteiger partial charge on any atom is -0.444 e. The third-order valence-electron chi connectivity index (χ3n) is 8.05. The molecule has 1 saturated carbocycles. The van der Waals surface area contributed by atoms with Gasteiger partial charge in [0.05, 0.1) is 30.2 Å². The molecule has 0 bridgehead atoms. The maximum Gasteiger partial charge on any atom is 0.410 e. The van der Waals surface area contributed by atoms with E-state index in [1.165, 1.54) is 0 Å². The summed E-state index contributed by atoms with van der Waals surface area (Å²) in [6.07, 6.45) is 6.21. The molecule has 1 unspecified atom stereocenters. The maximum absolute atomic E-state index is 14.4. The van der Waals surface area contributed by atoms with Crippen LogP contribution in [0.5, 0.6) is 0 Å². The van der Waals surface area contributed by atoms with Gasteiger partial charge in [0.25, 0.3) is 5.91 Å². The van der Waals surface area contributed by atoms with Crippen LogP contribution in [0, 0.1) is 0 Å². The zero-order valence-electron chi connectivity index (χ0n) is 24.4. The van der Waals surface area contributed by atoms with Crippen LogP contribution in [0.15, 0.2) is 67.0 Å². The summed E-state index contributed by atoms with van der Waals surface area (Å²) in [4.78, 5) is 35.7. The van der Waals surface area contributed by atoms with Crippen LogP contribution in [0.2, 0.25) is 0 Å². The lowest BCUT2D eigenvalue weighted by Gasteiger charge is -2.41. The lowest BCUT2D eigenvalue weighted by Crippen LogP contribution is -2.58. The maximum atomic E-state index is 14.4. The van der Waals surface area contributed by atoms with Gasteiger partial charge in [-0.05, 0) is 45.6 Å². The molecule has 8 nitrogen and oxygen atoms in total. The SMILES string of the molecule is CC(C)(C)OC(=O)N1CCN(C(=O)c2ncn(C3CCCCC[C@H]3O)c2-c2ccccc2)[C@H](Cc2ccccc2)C1. The van der Waals surface area contributed by atoms with E-state index in [4.69, 9.17) is 9.72 Å². The summed E-state index contributed by atoms with van der Waals surface area (Å²) in [6, 6.07) is 19.5. The van der Waals surface area contributed by atoms with Crippen LogP contribution in [0.3, 0.4) is 0 Å². The topological polar surface area (TPSA) is 87.9 Å². The van der Waals surface area contributed by atoms with Gasteiger partial charge in [0, 0.05) is 25.2 Å². The molecule has 2 aliphatic rings. The highest BCUT2D eigenvalue weighted by Crippen LogP contribution is 2.34. The number of rotatable bonds is 5. The molecular weight excluding hydrogens is 516 g/mol. The van der Waals surface area contributed by atoms with Crippen molar-refractivity contribution < 1.29 is 19.4 Å². The zero-order valence-corrected chi connectivity index (χ0v) is 24.4. The molecule has 3 aromatic rings. The third kappa shape index (κ3) is 6.81. The predicted molar refractivity (Wildman–Crippen MR) is 159 cm³/mol. The Hall–Kier alpha value is -3.65. The number of carbonyl (C=O) groups excluding carboxylic acids is 2. The Morgan fingerprint density at radius 2 is 1.63 bits per heavy atom. The summed E-state index contributed by atoms with van der Waals surface area (Å²) in [7, 11) is 0. The van der Waals surface area contributed by atoms with Crippen molar-refractivity contribution in [3.8, 4) is 11.3 Å². The summed E-state index contributed by atoms with van der Waals surface area (Å²) in [6.45, 7) is 6.71. The van der Waals surface area contributed by atoms with E-state index in [0.29, 0.717) is 31.7 Å². The second kappa shape index (κ2) is 12.5. The lowest BCUT2D eigenvalue weighted by atomic mass is 10.0. The molecule has 8 heteroatoms. The number of aliphatic hydroxyl groups is 1. The molecule has 41 heavy (non-hydrogen) atoms. The van der Waals surface area contributed by atoms with Crippen molar-refractivity contribution in [3.63, 3.8) is 0 Å². The summed E-state index contributed by atoms with van der Waals surface area (Å²) in [5.74, 6) is -0.157. The van der Waals surface area contributed by atoms with Crippen LogP contribution in [0.25, 0.3) is 11.3 Å². The molecule has 5 rings (SSSR count). The van der Waals surface area contributed by atoms with Gasteiger partial charge in [-0.3, -0.25) is 4.79 Å². The largest absolute Gasteiger partial charge is 0.444 e. The number of aliphatic hydroxyl groups excluding tert-OH is 1. The number of amides is 2. The normalized spacial score (nSPS) is 21.8. The van der Waals surface area contributed by atoms with Crippen molar-refractivity contribution in [2.75, 3.05) is 19.6 Å². The number of aromatic nitrogens is 2. The fraction of sp³-hybridized carbons (Fsp3) is 0.485. The van der Waals surface area contributed by atoms with E-state index in [9.17, 15) is 14.7 Å². The molecule has 1 aromatic heterocycles. The van der Waals surface area contributed by atoms with Gasteiger partial charge in [-0.25, -0.2) is 9.78 Å². The molecule has 1 saturated heterocycles. The predicted octanol–water partition coefficient (Wildman–Crippen LogP) is 5.72. The van der Waals surface area contributed by atoms with Gasteiger partial charge in [-0.15, -0.1) is 0 Å². The van der Waals surface area contributed by atoms with E-state index in [-0.39, 0.29) is 24.1 Å². The average Bonchev–Trinajstić information content (AvgIpc) is 3.28. The molecule has 3 atom stereocenters. The van der Waals surface area contributed by atoms with Crippen LogP contribution in [-0.4, -0.2) is 73.8 Å². The highest BCUT2D eigenvalue weighted by molar-refractivity contribution is 5.98. The van der Waals surface area contributed by atoms with Crippen molar-refractivity contribution in [2.45, 2.75) is 83.1 Å². The minimum atomic E-state index is -0.598. The fourth-order valence-corrected chi connectivity index (χ4v) is 6.06. The first kappa shape index (κ1) is 28.9. The first-order valence-corrected chi connectivity index (χ1v) is 14.8. The van der Waals surface area contributed by atoms with Crippen LogP contribution in [0.4, 0.5) is 4.79 Å². The summed E-state index contributed by atoms with van der Waals surface area (Å²) in [5, 5.41) is 11.0. The van der Waals surface area contributed by atoms with Crippen LogP contribution in [0.1, 0.15) is 75.0 Å². The molecule has 2 aromatic carbocycles. The Balaban J connectivity index is 1.49. The zero-order chi connectivity index (χ0) is 29.0. The van der Waals surface area contributed by atoms with Gasteiger partial charge in [0.2, 0.25) is 0 Å².